The van der Waals surface area contributed by atoms with Gasteiger partial charge in [-0.1, -0.05) is 49.6 Å². The molecule has 0 radical (unpaired) electrons. The Morgan fingerprint density at radius 3 is 2.43 bits per heavy atom. The lowest BCUT2D eigenvalue weighted by Crippen LogP contribution is -2.40. The lowest BCUT2D eigenvalue weighted by Gasteiger charge is -2.35. The summed E-state index contributed by atoms with van der Waals surface area (Å²) in [5, 5.41) is 3.96. The molecule has 1 aromatic carbocycles. The average Bonchev–Trinajstić information content (AvgIpc) is 3.09. The third kappa shape index (κ3) is 3.87. The number of benzene rings is 1. The van der Waals surface area contributed by atoms with Gasteiger partial charge < -0.3 is 10.1 Å². The summed E-state index contributed by atoms with van der Waals surface area (Å²) in [6, 6.07) is 12.1. The van der Waals surface area contributed by atoms with Crippen LogP contribution in [0.2, 0.25) is 0 Å². The molecule has 0 spiro atoms. The predicted molar refractivity (Wildman–Crippen MR) is 87.3 cm³/mol. The molecular formula is C19H29NO. The number of ether oxygens (including phenoxy) is 1. The maximum absolute atomic E-state index is 5.57. The molecule has 1 aromatic rings. The topological polar surface area (TPSA) is 21.3 Å². The Balaban J connectivity index is 1.71. The van der Waals surface area contributed by atoms with Crippen LogP contribution >= 0.6 is 0 Å². The van der Waals surface area contributed by atoms with Crippen molar-refractivity contribution >= 4 is 0 Å². The van der Waals surface area contributed by atoms with E-state index in [0.29, 0.717) is 18.0 Å². The van der Waals surface area contributed by atoms with Crippen molar-refractivity contribution in [3.8, 4) is 0 Å². The van der Waals surface area contributed by atoms with Crippen LogP contribution in [0.25, 0.3) is 0 Å². The fourth-order valence-electron chi connectivity index (χ4n) is 4.00. The van der Waals surface area contributed by atoms with Crippen LogP contribution in [0, 0.1) is 11.8 Å². The summed E-state index contributed by atoms with van der Waals surface area (Å²) in [6.07, 6.45) is 8.18. The van der Waals surface area contributed by atoms with E-state index in [1.54, 1.807) is 0 Å². The maximum Gasteiger partial charge on any atom is 0.0509 e. The van der Waals surface area contributed by atoms with Crippen LogP contribution in [0.4, 0.5) is 0 Å². The van der Waals surface area contributed by atoms with Gasteiger partial charge in [0.25, 0.3) is 0 Å². The molecule has 1 saturated carbocycles. The first-order valence-corrected chi connectivity index (χ1v) is 8.73. The summed E-state index contributed by atoms with van der Waals surface area (Å²) < 4.78 is 5.57. The van der Waals surface area contributed by atoms with E-state index in [2.05, 4.69) is 42.6 Å². The van der Waals surface area contributed by atoms with Crippen molar-refractivity contribution in [1.82, 2.24) is 5.32 Å². The fraction of sp³-hybridized carbons (Fsp3) is 0.684. The largest absolute Gasteiger partial charge is 0.381 e. The molecular weight excluding hydrogens is 258 g/mol. The highest BCUT2D eigenvalue weighted by Crippen LogP contribution is 2.35. The van der Waals surface area contributed by atoms with Gasteiger partial charge in [-0.2, -0.15) is 0 Å². The third-order valence-electron chi connectivity index (χ3n) is 5.39. The van der Waals surface area contributed by atoms with E-state index in [9.17, 15) is 0 Å². The van der Waals surface area contributed by atoms with Crippen LogP contribution in [-0.2, 0) is 4.74 Å². The van der Waals surface area contributed by atoms with Crippen molar-refractivity contribution in [3.63, 3.8) is 0 Å². The first-order valence-electron chi connectivity index (χ1n) is 8.73. The molecule has 116 valence electrons. The Hall–Kier alpha value is -0.860. The van der Waals surface area contributed by atoms with Gasteiger partial charge in [0, 0.05) is 18.7 Å². The molecule has 1 aliphatic carbocycles. The highest BCUT2D eigenvalue weighted by atomic mass is 16.5. The number of hydrogen-bond donors (Lipinski definition) is 1. The Morgan fingerprint density at radius 2 is 1.76 bits per heavy atom. The molecule has 1 heterocycles. The van der Waals surface area contributed by atoms with Gasteiger partial charge in [0.05, 0.1) is 6.61 Å². The summed E-state index contributed by atoms with van der Waals surface area (Å²) in [5.74, 6) is 1.48. The monoisotopic (exact) mass is 287 g/mol. The van der Waals surface area contributed by atoms with Crippen LogP contribution in [0.3, 0.4) is 0 Å². The lowest BCUT2D eigenvalue weighted by atomic mass is 9.80. The molecule has 2 fully saturated rings. The minimum Gasteiger partial charge on any atom is -0.381 e. The molecule has 3 rings (SSSR count). The molecule has 1 aliphatic heterocycles. The highest BCUT2D eigenvalue weighted by Gasteiger charge is 2.29. The SMILES string of the molecule is CC(NC(c1ccccc1)C1CCCCC1)C1CCOC1. The van der Waals surface area contributed by atoms with Crippen LogP contribution in [-0.4, -0.2) is 19.3 Å². The Morgan fingerprint density at radius 1 is 1.00 bits per heavy atom. The zero-order valence-corrected chi connectivity index (χ0v) is 13.3. The van der Waals surface area contributed by atoms with Crippen LogP contribution in [0.5, 0.6) is 0 Å². The second-order valence-corrected chi connectivity index (χ2v) is 6.87. The minimum absolute atomic E-state index is 0.516. The van der Waals surface area contributed by atoms with Gasteiger partial charge in [-0.25, -0.2) is 0 Å². The van der Waals surface area contributed by atoms with E-state index >= 15 is 0 Å². The van der Waals surface area contributed by atoms with Crippen molar-refractivity contribution in [1.29, 1.82) is 0 Å². The third-order valence-corrected chi connectivity index (χ3v) is 5.39. The Bertz CT molecular complexity index is 407. The minimum atomic E-state index is 0.516. The van der Waals surface area contributed by atoms with Gasteiger partial charge in [0.1, 0.15) is 0 Å². The summed E-state index contributed by atoms with van der Waals surface area (Å²) in [5.41, 5.74) is 1.47. The molecule has 2 heteroatoms. The predicted octanol–water partition coefficient (Wildman–Crippen LogP) is 4.32. The summed E-state index contributed by atoms with van der Waals surface area (Å²) in [6.45, 7) is 4.22. The molecule has 3 unspecified atom stereocenters. The van der Waals surface area contributed by atoms with E-state index in [1.807, 2.05) is 0 Å². The molecule has 21 heavy (non-hydrogen) atoms. The molecule has 2 nitrogen and oxygen atoms in total. The first kappa shape index (κ1) is 15.1. The number of hydrogen-bond acceptors (Lipinski definition) is 2. The smallest absolute Gasteiger partial charge is 0.0509 e. The zero-order chi connectivity index (χ0) is 14.5. The van der Waals surface area contributed by atoms with E-state index < -0.39 is 0 Å². The van der Waals surface area contributed by atoms with Crippen LogP contribution < -0.4 is 5.32 Å². The lowest BCUT2D eigenvalue weighted by molar-refractivity contribution is 0.170. The van der Waals surface area contributed by atoms with E-state index in [1.165, 1.54) is 44.1 Å². The van der Waals surface area contributed by atoms with Crippen molar-refractivity contribution in [3.05, 3.63) is 35.9 Å². The van der Waals surface area contributed by atoms with Gasteiger partial charge in [-0.3, -0.25) is 0 Å². The van der Waals surface area contributed by atoms with Gasteiger partial charge in [0.2, 0.25) is 0 Å². The van der Waals surface area contributed by atoms with Crippen molar-refractivity contribution in [2.45, 2.75) is 57.5 Å². The number of nitrogens with one attached hydrogen (secondary N) is 1. The van der Waals surface area contributed by atoms with Crippen molar-refractivity contribution in [2.24, 2.45) is 11.8 Å². The second kappa shape index (κ2) is 7.42. The first-order chi connectivity index (χ1) is 10.3. The maximum atomic E-state index is 5.57. The molecule has 0 amide bonds. The van der Waals surface area contributed by atoms with Crippen molar-refractivity contribution in [2.75, 3.05) is 13.2 Å². The molecule has 2 aliphatic rings. The van der Waals surface area contributed by atoms with Crippen LogP contribution in [0.1, 0.15) is 57.1 Å². The molecule has 1 N–H and O–H groups in total. The fourth-order valence-corrected chi connectivity index (χ4v) is 4.00. The van der Waals surface area contributed by atoms with Crippen LogP contribution in [0.15, 0.2) is 30.3 Å². The molecule has 1 saturated heterocycles. The molecule has 0 bridgehead atoms. The Labute approximate surface area is 129 Å². The van der Waals surface area contributed by atoms with E-state index in [0.717, 1.165) is 19.1 Å². The standard InChI is InChI=1S/C19H29NO/c1-15(18-12-13-21-14-18)20-19(16-8-4-2-5-9-16)17-10-6-3-7-11-17/h2,4-5,8-9,15,17-20H,3,6-7,10-14H2,1H3. The zero-order valence-electron chi connectivity index (χ0n) is 13.3. The van der Waals surface area contributed by atoms with Gasteiger partial charge >= 0.3 is 0 Å². The molecule has 0 aromatic heterocycles. The normalized spacial score (nSPS) is 26.6. The summed E-state index contributed by atoms with van der Waals surface area (Å²) in [7, 11) is 0. The summed E-state index contributed by atoms with van der Waals surface area (Å²) in [4.78, 5) is 0. The quantitative estimate of drug-likeness (QED) is 0.870. The average molecular weight is 287 g/mol. The van der Waals surface area contributed by atoms with E-state index in [-0.39, 0.29) is 0 Å². The number of rotatable bonds is 5. The van der Waals surface area contributed by atoms with Crippen molar-refractivity contribution < 1.29 is 4.74 Å². The highest BCUT2D eigenvalue weighted by molar-refractivity contribution is 5.20. The molecule has 3 atom stereocenters. The van der Waals surface area contributed by atoms with Gasteiger partial charge in [-0.05, 0) is 43.6 Å². The van der Waals surface area contributed by atoms with E-state index in [4.69, 9.17) is 4.74 Å². The Kier molecular flexibility index (Phi) is 5.32. The van der Waals surface area contributed by atoms with Gasteiger partial charge in [0.15, 0.2) is 0 Å². The summed E-state index contributed by atoms with van der Waals surface area (Å²) >= 11 is 0. The van der Waals surface area contributed by atoms with Gasteiger partial charge in [-0.15, -0.1) is 0 Å². The second-order valence-electron chi connectivity index (χ2n) is 6.87.